The molecule has 5 heteroatoms. The Morgan fingerprint density at radius 3 is 2.68 bits per heavy atom. The Morgan fingerprint density at radius 1 is 1.11 bits per heavy atom. The highest BCUT2D eigenvalue weighted by Crippen LogP contribution is 2.25. The van der Waals surface area contributed by atoms with E-state index >= 15 is 0 Å². The zero-order valence-electron chi connectivity index (χ0n) is 9.88. The number of nitrogens with one attached hydrogen (secondary N) is 1. The van der Waals surface area contributed by atoms with Gasteiger partial charge in [0.25, 0.3) is 0 Å². The molecule has 1 N–H and O–H groups in total. The molecule has 0 atom stereocenters. The normalized spacial score (nSPS) is 11.2. The zero-order chi connectivity index (χ0) is 13.1. The number of hydrogen-bond donors (Lipinski definition) is 1. The fraction of sp³-hybridized carbons (Fsp3) is 0. The monoisotopic (exact) mass is 287 g/mol. The highest BCUT2D eigenvalue weighted by atomic mass is 35.5. The van der Waals surface area contributed by atoms with Gasteiger partial charge in [-0.3, -0.25) is 5.43 Å². The Labute approximate surface area is 119 Å². The van der Waals surface area contributed by atoms with Gasteiger partial charge in [-0.05, 0) is 29.8 Å². The summed E-state index contributed by atoms with van der Waals surface area (Å²) < 4.78 is 1.15. The number of fused-ring (bicyclic) bond motifs is 1. The van der Waals surface area contributed by atoms with Gasteiger partial charge in [-0.15, -0.1) is 0 Å². The largest absolute Gasteiger partial charge is 0.253 e. The fourth-order valence-electron chi connectivity index (χ4n) is 1.63. The quantitative estimate of drug-likeness (QED) is 0.573. The Kier molecular flexibility index (Phi) is 3.44. The number of hydrazone groups is 1. The molecule has 0 radical (unpaired) electrons. The molecule has 0 saturated carbocycles. The number of para-hydroxylation sites is 1. The lowest BCUT2D eigenvalue weighted by atomic mass is 10.2. The maximum atomic E-state index is 5.82. The molecule has 0 aliphatic rings. The van der Waals surface area contributed by atoms with Crippen molar-refractivity contribution in [2.75, 3.05) is 5.43 Å². The third-order valence-corrected chi connectivity index (χ3v) is 3.73. The average molecular weight is 288 g/mol. The van der Waals surface area contributed by atoms with Gasteiger partial charge in [0.2, 0.25) is 5.13 Å². The van der Waals surface area contributed by atoms with Crippen molar-refractivity contribution in [2.45, 2.75) is 0 Å². The number of benzene rings is 2. The predicted molar refractivity (Wildman–Crippen MR) is 82.3 cm³/mol. The summed E-state index contributed by atoms with van der Waals surface area (Å²) in [4.78, 5) is 4.43. The van der Waals surface area contributed by atoms with Crippen LogP contribution in [0.1, 0.15) is 5.56 Å². The van der Waals surface area contributed by atoms with Gasteiger partial charge < -0.3 is 0 Å². The molecular formula is C14H10ClN3S. The second kappa shape index (κ2) is 5.38. The lowest BCUT2D eigenvalue weighted by Gasteiger charge is -1.94. The summed E-state index contributed by atoms with van der Waals surface area (Å²) in [5.74, 6) is 0. The summed E-state index contributed by atoms with van der Waals surface area (Å²) >= 11 is 7.40. The topological polar surface area (TPSA) is 37.3 Å². The van der Waals surface area contributed by atoms with Gasteiger partial charge in [-0.1, -0.05) is 47.2 Å². The van der Waals surface area contributed by atoms with Crippen LogP contribution < -0.4 is 5.43 Å². The molecule has 0 saturated heterocycles. The van der Waals surface area contributed by atoms with Crippen molar-refractivity contribution in [3.05, 3.63) is 59.1 Å². The van der Waals surface area contributed by atoms with Crippen LogP contribution in [-0.4, -0.2) is 11.2 Å². The first kappa shape index (κ1) is 12.1. The highest BCUT2D eigenvalue weighted by Gasteiger charge is 2.00. The second-order valence-electron chi connectivity index (χ2n) is 3.91. The van der Waals surface area contributed by atoms with E-state index in [0.717, 1.165) is 25.9 Å². The number of hydrogen-bond acceptors (Lipinski definition) is 4. The molecule has 94 valence electrons. The van der Waals surface area contributed by atoms with Crippen LogP contribution in [0.25, 0.3) is 10.2 Å². The van der Waals surface area contributed by atoms with Crippen LogP contribution in [0.15, 0.2) is 53.6 Å². The minimum atomic E-state index is 0.719. The van der Waals surface area contributed by atoms with Crippen molar-refractivity contribution in [1.82, 2.24) is 4.98 Å². The van der Waals surface area contributed by atoms with Crippen LogP contribution >= 0.6 is 22.9 Å². The van der Waals surface area contributed by atoms with Crippen LogP contribution in [0, 0.1) is 0 Å². The van der Waals surface area contributed by atoms with Gasteiger partial charge in [0.05, 0.1) is 16.4 Å². The van der Waals surface area contributed by atoms with Crippen LogP contribution in [0.4, 0.5) is 5.13 Å². The van der Waals surface area contributed by atoms with Gasteiger partial charge in [0, 0.05) is 5.02 Å². The molecule has 3 aromatic rings. The molecule has 1 aromatic heterocycles. The first-order chi connectivity index (χ1) is 9.31. The van der Waals surface area contributed by atoms with Crippen molar-refractivity contribution < 1.29 is 0 Å². The predicted octanol–water partition coefficient (Wildman–Crippen LogP) is 4.40. The molecule has 19 heavy (non-hydrogen) atoms. The third-order valence-electron chi connectivity index (χ3n) is 2.54. The average Bonchev–Trinajstić information content (AvgIpc) is 2.83. The summed E-state index contributed by atoms with van der Waals surface area (Å²) in [6.45, 7) is 0. The van der Waals surface area contributed by atoms with Crippen molar-refractivity contribution in [3.8, 4) is 0 Å². The third kappa shape index (κ3) is 2.92. The summed E-state index contributed by atoms with van der Waals surface area (Å²) in [5.41, 5.74) is 4.91. The van der Waals surface area contributed by atoms with E-state index in [1.807, 2.05) is 48.5 Å². The zero-order valence-corrected chi connectivity index (χ0v) is 11.4. The van der Waals surface area contributed by atoms with E-state index in [-0.39, 0.29) is 0 Å². The summed E-state index contributed by atoms with van der Waals surface area (Å²) in [5, 5.41) is 5.67. The molecule has 0 bridgehead atoms. The van der Waals surface area contributed by atoms with E-state index in [1.165, 1.54) is 0 Å². The van der Waals surface area contributed by atoms with Gasteiger partial charge >= 0.3 is 0 Å². The second-order valence-corrected chi connectivity index (χ2v) is 5.38. The Morgan fingerprint density at radius 2 is 1.89 bits per heavy atom. The lowest BCUT2D eigenvalue weighted by molar-refractivity contribution is 1.31. The first-order valence-corrected chi connectivity index (χ1v) is 6.91. The Hall–Kier alpha value is -1.91. The first-order valence-electron chi connectivity index (χ1n) is 5.71. The molecule has 2 aromatic carbocycles. The van der Waals surface area contributed by atoms with Gasteiger partial charge in [0.1, 0.15) is 0 Å². The number of anilines is 1. The fourth-order valence-corrected chi connectivity index (χ4v) is 2.57. The highest BCUT2D eigenvalue weighted by molar-refractivity contribution is 7.22. The minimum absolute atomic E-state index is 0.719. The molecule has 0 spiro atoms. The molecule has 0 fully saturated rings. The number of nitrogens with zero attached hydrogens (tertiary/aromatic N) is 2. The van der Waals surface area contributed by atoms with E-state index in [4.69, 9.17) is 11.6 Å². The molecule has 0 amide bonds. The summed E-state index contributed by atoms with van der Waals surface area (Å²) in [7, 11) is 0. The minimum Gasteiger partial charge on any atom is -0.253 e. The van der Waals surface area contributed by atoms with Gasteiger partial charge in [-0.2, -0.15) is 5.10 Å². The number of thiazole rings is 1. The molecular weight excluding hydrogens is 278 g/mol. The maximum Gasteiger partial charge on any atom is 0.204 e. The van der Waals surface area contributed by atoms with Crippen molar-refractivity contribution in [3.63, 3.8) is 0 Å². The number of rotatable bonds is 3. The van der Waals surface area contributed by atoms with E-state index in [1.54, 1.807) is 17.6 Å². The van der Waals surface area contributed by atoms with Crippen LogP contribution in [-0.2, 0) is 0 Å². The molecule has 3 rings (SSSR count). The summed E-state index contributed by atoms with van der Waals surface area (Å²) in [6, 6.07) is 15.5. The Bertz CT molecular complexity index is 686. The molecule has 3 nitrogen and oxygen atoms in total. The van der Waals surface area contributed by atoms with Crippen molar-refractivity contribution in [2.24, 2.45) is 5.10 Å². The summed E-state index contributed by atoms with van der Waals surface area (Å²) in [6.07, 6.45) is 1.74. The number of halogens is 1. The van der Waals surface area contributed by atoms with Crippen LogP contribution in [0.2, 0.25) is 5.02 Å². The van der Waals surface area contributed by atoms with E-state index in [0.29, 0.717) is 0 Å². The molecule has 0 aliphatic heterocycles. The molecule has 0 aliphatic carbocycles. The molecule has 0 unspecified atom stereocenters. The van der Waals surface area contributed by atoms with Crippen molar-refractivity contribution >= 4 is 44.5 Å². The standard InChI is InChI=1S/C14H10ClN3S/c15-11-7-5-10(6-8-11)9-16-18-14-17-12-3-1-2-4-13(12)19-14/h1-9H,(H,17,18)/b16-9-. The van der Waals surface area contributed by atoms with E-state index in [9.17, 15) is 0 Å². The lowest BCUT2D eigenvalue weighted by Crippen LogP contribution is -1.89. The van der Waals surface area contributed by atoms with Crippen LogP contribution in [0.3, 0.4) is 0 Å². The smallest absolute Gasteiger partial charge is 0.204 e. The molecule has 1 heterocycles. The van der Waals surface area contributed by atoms with Gasteiger partial charge in [-0.25, -0.2) is 4.98 Å². The Balaban J connectivity index is 1.73. The van der Waals surface area contributed by atoms with E-state index in [2.05, 4.69) is 15.5 Å². The van der Waals surface area contributed by atoms with Gasteiger partial charge in [0.15, 0.2) is 0 Å². The maximum absolute atomic E-state index is 5.82. The van der Waals surface area contributed by atoms with Crippen molar-refractivity contribution in [1.29, 1.82) is 0 Å². The number of aromatic nitrogens is 1. The SMILES string of the molecule is Clc1ccc(/C=N\Nc2nc3ccccc3s2)cc1. The van der Waals surface area contributed by atoms with Crippen LogP contribution in [0.5, 0.6) is 0 Å². The van der Waals surface area contributed by atoms with E-state index < -0.39 is 0 Å².